The standard InChI is InChI=1S/C13H20FN/c1-4-10(2)9-15-11(3)12-5-7-13(14)8-6-12/h5-8,10-11,15H,4,9H2,1-3H3/t10?,11-/m1/s1. The molecular formula is C13H20FN. The van der Waals surface area contributed by atoms with Crippen molar-refractivity contribution >= 4 is 0 Å². The molecule has 0 fully saturated rings. The Bertz CT molecular complexity index is 281. The van der Waals surface area contributed by atoms with Crippen molar-refractivity contribution in [1.82, 2.24) is 5.32 Å². The Morgan fingerprint density at radius 2 is 1.80 bits per heavy atom. The third-order valence-electron chi connectivity index (χ3n) is 2.84. The maximum atomic E-state index is 12.7. The van der Waals surface area contributed by atoms with Gasteiger partial charge in [-0.25, -0.2) is 4.39 Å². The second-order valence-electron chi connectivity index (χ2n) is 4.19. The highest BCUT2D eigenvalue weighted by molar-refractivity contribution is 5.19. The van der Waals surface area contributed by atoms with E-state index >= 15 is 0 Å². The second-order valence-corrected chi connectivity index (χ2v) is 4.19. The molecule has 1 rings (SSSR count). The van der Waals surface area contributed by atoms with E-state index in [2.05, 4.69) is 26.1 Å². The van der Waals surface area contributed by atoms with Crippen LogP contribution >= 0.6 is 0 Å². The van der Waals surface area contributed by atoms with E-state index in [1.807, 2.05) is 12.1 Å². The summed E-state index contributed by atoms with van der Waals surface area (Å²) < 4.78 is 12.7. The Kier molecular flexibility index (Phi) is 4.76. The third kappa shape index (κ3) is 4.00. The van der Waals surface area contributed by atoms with Crippen molar-refractivity contribution in [3.05, 3.63) is 35.6 Å². The van der Waals surface area contributed by atoms with E-state index in [0.717, 1.165) is 12.1 Å². The van der Waals surface area contributed by atoms with Gasteiger partial charge in [0.1, 0.15) is 5.82 Å². The summed E-state index contributed by atoms with van der Waals surface area (Å²) in [6.45, 7) is 7.53. The van der Waals surface area contributed by atoms with Crippen LogP contribution in [0, 0.1) is 11.7 Å². The smallest absolute Gasteiger partial charge is 0.123 e. The topological polar surface area (TPSA) is 12.0 Å². The summed E-state index contributed by atoms with van der Waals surface area (Å²) >= 11 is 0. The Balaban J connectivity index is 2.46. The van der Waals surface area contributed by atoms with Crippen LogP contribution in [-0.4, -0.2) is 6.54 Å². The van der Waals surface area contributed by atoms with Crippen LogP contribution < -0.4 is 5.32 Å². The van der Waals surface area contributed by atoms with Gasteiger partial charge in [0.05, 0.1) is 0 Å². The van der Waals surface area contributed by atoms with E-state index in [0.29, 0.717) is 12.0 Å². The van der Waals surface area contributed by atoms with Crippen LogP contribution in [0.4, 0.5) is 4.39 Å². The molecule has 0 amide bonds. The van der Waals surface area contributed by atoms with Crippen molar-refractivity contribution in [3.63, 3.8) is 0 Å². The van der Waals surface area contributed by atoms with Crippen LogP contribution in [-0.2, 0) is 0 Å². The van der Waals surface area contributed by atoms with Crippen LogP contribution in [0.5, 0.6) is 0 Å². The van der Waals surface area contributed by atoms with Crippen molar-refractivity contribution < 1.29 is 4.39 Å². The number of nitrogens with one attached hydrogen (secondary N) is 1. The zero-order valence-electron chi connectivity index (χ0n) is 9.76. The number of hydrogen-bond donors (Lipinski definition) is 1. The maximum absolute atomic E-state index is 12.7. The normalized spacial score (nSPS) is 14.9. The zero-order valence-corrected chi connectivity index (χ0v) is 9.76. The van der Waals surface area contributed by atoms with Gasteiger partial charge in [0.25, 0.3) is 0 Å². The molecule has 15 heavy (non-hydrogen) atoms. The van der Waals surface area contributed by atoms with Gasteiger partial charge in [-0.3, -0.25) is 0 Å². The summed E-state index contributed by atoms with van der Waals surface area (Å²) in [4.78, 5) is 0. The molecule has 0 spiro atoms. The largest absolute Gasteiger partial charge is 0.310 e. The second kappa shape index (κ2) is 5.86. The summed E-state index contributed by atoms with van der Waals surface area (Å²) in [7, 11) is 0. The predicted octanol–water partition coefficient (Wildman–Crippen LogP) is 3.52. The summed E-state index contributed by atoms with van der Waals surface area (Å²) in [5.41, 5.74) is 1.14. The zero-order chi connectivity index (χ0) is 11.3. The minimum atomic E-state index is -0.173. The number of halogens is 1. The maximum Gasteiger partial charge on any atom is 0.123 e. The molecule has 2 heteroatoms. The molecule has 1 N–H and O–H groups in total. The van der Waals surface area contributed by atoms with Gasteiger partial charge in [0.15, 0.2) is 0 Å². The molecular weight excluding hydrogens is 189 g/mol. The molecule has 0 aromatic heterocycles. The summed E-state index contributed by atoms with van der Waals surface area (Å²) in [6, 6.07) is 6.99. The first-order valence-electron chi connectivity index (χ1n) is 5.62. The van der Waals surface area contributed by atoms with Gasteiger partial charge < -0.3 is 5.32 Å². The molecule has 1 unspecified atom stereocenters. The Morgan fingerprint density at radius 1 is 1.20 bits per heavy atom. The van der Waals surface area contributed by atoms with Crippen molar-refractivity contribution in [3.8, 4) is 0 Å². The molecule has 0 heterocycles. The van der Waals surface area contributed by atoms with Crippen molar-refractivity contribution in [2.24, 2.45) is 5.92 Å². The molecule has 0 aliphatic carbocycles. The van der Waals surface area contributed by atoms with Crippen molar-refractivity contribution in [1.29, 1.82) is 0 Å². The van der Waals surface area contributed by atoms with Crippen LogP contribution in [0.3, 0.4) is 0 Å². The highest BCUT2D eigenvalue weighted by atomic mass is 19.1. The minimum absolute atomic E-state index is 0.173. The molecule has 0 bridgehead atoms. The lowest BCUT2D eigenvalue weighted by Crippen LogP contribution is -2.24. The van der Waals surface area contributed by atoms with E-state index in [4.69, 9.17) is 0 Å². The van der Waals surface area contributed by atoms with Crippen LogP contribution in [0.25, 0.3) is 0 Å². The molecule has 1 aromatic carbocycles. The van der Waals surface area contributed by atoms with Crippen LogP contribution in [0.2, 0.25) is 0 Å². The first-order chi connectivity index (χ1) is 7.13. The van der Waals surface area contributed by atoms with Crippen molar-refractivity contribution in [2.45, 2.75) is 33.2 Å². The molecule has 1 aromatic rings. The number of benzene rings is 1. The van der Waals surface area contributed by atoms with Gasteiger partial charge >= 0.3 is 0 Å². The quantitative estimate of drug-likeness (QED) is 0.782. The summed E-state index contributed by atoms with van der Waals surface area (Å²) in [6.07, 6.45) is 1.18. The van der Waals surface area contributed by atoms with E-state index < -0.39 is 0 Å². The van der Waals surface area contributed by atoms with E-state index in [9.17, 15) is 4.39 Å². The van der Waals surface area contributed by atoms with E-state index in [1.165, 1.54) is 18.6 Å². The van der Waals surface area contributed by atoms with Crippen molar-refractivity contribution in [2.75, 3.05) is 6.54 Å². The van der Waals surface area contributed by atoms with Gasteiger partial charge in [-0.05, 0) is 37.1 Å². The molecule has 1 nitrogen and oxygen atoms in total. The highest BCUT2D eigenvalue weighted by Gasteiger charge is 2.06. The molecule has 0 saturated carbocycles. The lowest BCUT2D eigenvalue weighted by atomic mass is 10.1. The Hall–Kier alpha value is -0.890. The van der Waals surface area contributed by atoms with Gasteiger partial charge in [-0.2, -0.15) is 0 Å². The molecule has 0 saturated heterocycles. The lowest BCUT2D eigenvalue weighted by molar-refractivity contribution is 0.460. The molecule has 84 valence electrons. The van der Waals surface area contributed by atoms with Gasteiger partial charge in [-0.1, -0.05) is 32.4 Å². The average Bonchev–Trinajstić information content (AvgIpc) is 2.26. The Labute approximate surface area is 91.7 Å². The van der Waals surface area contributed by atoms with Gasteiger partial charge in [-0.15, -0.1) is 0 Å². The third-order valence-corrected chi connectivity index (χ3v) is 2.84. The Morgan fingerprint density at radius 3 is 2.33 bits per heavy atom. The number of rotatable bonds is 5. The number of hydrogen-bond acceptors (Lipinski definition) is 1. The first kappa shape index (κ1) is 12.2. The van der Waals surface area contributed by atoms with Gasteiger partial charge in [0, 0.05) is 6.04 Å². The fourth-order valence-corrected chi connectivity index (χ4v) is 1.39. The lowest BCUT2D eigenvalue weighted by Gasteiger charge is -2.17. The molecule has 0 radical (unpaired) electrons. The summed E-state index contributed by atoms with van der Waals surface area (Å²) in [5.74, 6) is 0.515. The summed E-state index contributed by atoms with van der Waals surface area (Å²) in [5, 5.41) is 3.45. The molecule has 0 aliphatic heterocycles. The molecule has 0 aliphatic rings. The van der Waals surface area contributed by atoms with Gasteiger partial charge in [0.2, 0.25) is 0 Å². The van der Waals surface area contributed by atoms with Crippen LogP contribution in [0.15, 0.2) is 24.3 Å². The minimum Gasteiger partial charge on any atom is -0.310 e. The fraction of sp³-hybridized carbons (Fsp3) is 0.538. The fourth-order valence-electron chi connectivity index (χ4n) is 1.39. The van der Waals surface area contributed by atoms with E-state index in [-0.39, 0.29) is 5.82 Å². The van der Waals surface area contributed by atoms with Crippen LogP contribution in [0.1, 0.15) is 38.8 Å². The predicted molar refractivity (Wildman–Crippen MR) is 62.3 cm³/mol. The highest BCUT2D eigenvalue weighted by Crippen LogP contribution is 2.13. The molecule has 2 atom stereocenters. The van der Waals surface area contributed by atoms with E-state index in [1.54, 1.807) is 0 Å². The SMILES string of the molecule is CCC(C)CN[C@H](C)c1ccc(F)cc1. The average molecular weight is 209 g/mol. The monoisotopic (exact) mass is 209 g/mol. The first-order valence-corrected chi connectivity index (χ1v) is 5.62.